The van der Waals surface area contributed by atoms with Gasteiger partial charge in [0.1, 0.15) is 5.75 Å². The van der Waals surface area contributed by atoms with Crippen LogP contribution in [0.15, 0.2) is 34.1 Å². The van der Waals surface area contributed by atoms with Crippen LogP contribution in [-0.4, -0.2) is 17.9 Å². The molecule has 0 saturated carbocycles. The number of anilines is 1. The Kier molecular flexibility index (Phi) is 4.35. The van der Waals surface area contributed by atoms with E-state index in [1.165, 1.54) is 36.6 Å². The van der Waals surface area contributed by atoms with Crippen molar-refractivity contribution in [3.8, 4) is 5.75 Å². The number of benzene rings is 1. The molecule has 0 aliphatic heterocycles. The van der Waals surface area contributed by atoms with Gasteiger partial charge in [-0.1, -0.05) is 0 Å². The van der Waals surface area contributed by atoms with E-state index in [0.717, 1.165) is 3.79 Å². The van der Waals surface area contributed by atoms with Gasteiger partial charge in [-0.25, -0.2) is 0 Å². The number of carbonyl (C=O) groups excluding carboxylic acids is 1. The summed E-state index contributed by atoms with van der Waals surface area (Å²) < 4.78 is 5.90. The Morgan fingerprint density at radius 1 is 1.40 bits per heavy atom. The number of hydrogen-bond acceptors (Lipinski definition) is 5. The SMILES string of the molecule is COc1cc([N+](=O)[O-])ccc1NC(=O)c1ccc(Br)s1. The number of nitrogens with one attached hydrogen (secondary N) is 1. The van der Waals surface area contributed by atoms with Crippen LogP contribution in [0.4, 0.5) is 11.4 Å². The van der Waals surface area contributed by atoms with Crippen LogP contribution in [0, 0.1) is 10.1 Å². The van der Waals surface area contributed by atoms with Gasteiger partial charge in [0, 0.05) is 6.07 Å². The van der Waals surface area contributed by atoms with Crippen molar-refractivity contribution in [1.29, 1.82) is 0 Å². The first kappa shape index (κ1) is 14.5. The maximum absolute atomic E-state index is 12.0. The average Bonchev–Trinajstić information content (AvgIpc) is 2.85. The number of hydrogen-bond donors (Lipinski definition) is 1. The predicted octanol–water partition coefficient (Wildman–Crippen LogP) is 3.68. The number of non-ortho nitro benzene ring substituents is 1. The monoisotopic (exact) mass is 356 g/mol. The van der Waals surface area contributed by atoms with E-state index >= 15 is 0 Å². The van der Waals surface area contributed by atoms with E-state index in [0.29, 0.717) is 10.6 Å². The lowest BCUT2D eigenvalue weighted by Gasteiger charge is -2.09. The molecule has 1 N–H and O–H groups in total. The summed E-state index contributed by atoms with van der Waals surface area (Å²) in [7, 11) is 1.39. The van der Waals surface area contributed by atoms with Crippen LogP contribution >= 0.6 is 27.3 Å². The minimum absolute atomic E-state index is 0.0984. The van der Waals surface area contributed by atoms with E-state index in [9.17, 15) is 14.9 Å². The number of nitrogens with zero attached hydrogens (tertiary/aromatic N) is 1. The number of thiophene rings is 1. The van der Waals surface area contributed by atoms with Crippen LogP contribution in [0.3, 0.4) is 0 Å². The van der Waals surface area contributed by atoms with Crippen LogP contribution in [0.1, 0.15) is 9.67 Å². The van der Waals surface area contributed by atoms with Crippen molar-refractivity contribution < 1.29 is 14.5 Å². The Morgan fingerprint density at radius 3 is 2.70 bits per heavy atom. The maximum Gasteiger partial charge on any atom is 0.273 e. The van der Waals surface area contributed by atoms with Crippen molar-refractivity contribution >= 4 is 44.5 Å². The molecule has 6 nitrogen and oxygen atoms in total. The summed E-state index contributed by atoms with van der Waals surface area (Å²) in [6.45, 7) is 0. The third-order valence-electron chi connectivity index (χ3n) is 2.44. The lowest BCUT2D eigenvalue weighted by molar-refractivity contribution is -0.384. The predicted molar refractivity (Wildman–Crippen MR) is 79.6 cm³/mol. The smallest absolute Gasteiger partial charge is 0.273 e. The molecule has 0 spiro atoms. The highest BCUT2D eigenvalue weighted by Gasteiger charge is 2.15. The molecule has 0 aliphatic rings. The maximum atomic E-state index is 12.0. The summed E-state index contributed by atoms with van der Waals surface area (Å²) in [5.74, 6) is -0.0592. The summed E-state index contributed by atoms with van der Waals surface area (Å²) in [6, 6.07) is 7.47. The molecule has 2 aromatic rings. The minimum Gasteiger partial charge on any atom is -0.494 e. The van der Waals surface area contributed by atoms with E-state index in [4.69, 9.17) is 4.74 Å². The summed E-state index contributed by atoms with van der Waals surface area (Å²) in [6.07, 6.45) is 0. The second-order valence-corrected chi connectivity index (χ2v) is 6.16. The van der Waals surface area contributed by atoms with Crippen molar-refractivity contribution in [3.05, 3.63) is 49.1 Å². The second kappa shape index (κ2) is 6.02. The Hall–Kier alpha value is -1.93. The largest absolute Gasteiger partial charge is 0.494 e. The Morgan fingerprint density at radius 2 is 2.15 bits per heavy atom. The van der Waals surface area contributed by atoms with Gasteiger partial charge in [-0.05, 0) is 34.1 Å². The molecule has 0 radical (unpaired) electrons. The highest BCUT2D eigenvalue weighted by atomic mass is 79.9. The molecular formula is C12H9BrN2O4S. The number of carbonyl (C=O) groups is 1. The van der Waals surface area contributed by atoms with Crippen LogP contribution in [0.5, 0.6) is 5.75 Å². The number of methoxy groups -OCH3 is 1. The third kappa shape index (κ3) is 3.14. The van der Waals surface area contributed by atoms with Gasteiger partial charge in [-0.15, -0.1) is 11.3 Å². The van der Waals surface area contributed by atoms with Gasteiger partial charge in [0.2, 0.25) is 0 Å². The first-order chi connectivity index (χ1) is 9.51. The zero-order chi connectivity index (χ0) is 14.7. The zero-order valence-electron chi connectivity index (χ0n) is 10.3. The van der Waals surface area contributed by atoms with E-state index in [2.05, 4.69) is 21.2 Å². The Labute approximate surface area is 126 Å². The highest BCUT2D eigenvalue weighted by Crippen LogP contribution is 2.30. The average molecular weight is 357 g/mol. The number of nitro groups is 1. The topological polar surface area (TPSA) is 81.5 Å². The number of ether oxygens (including phenoxy) is 1. The quantitative estimate of drug-likeness (QED) is 0.669. The number of nitro benzene ring substituents is 1. The summed E-state index contributed by atoms with van der Waals surface area (Å²) in [4.78, 5) is 22.7. The molecule has 1 amide bonds. The van der Waals surface area contributed by atoms with Crippen molar-refractivity contribution in [2.45, 2.75) is 0 Å². The molecule has 0 fully saturated rings. The normalized spacial score (nSPS) is 10.1. The van der Waals surface area contributed by atoms with Crippen molar-refractivity contribution in [2.24, 2.45) is 0 Å². The highest BCUT2D eigenvalue weighted by molar-refractivity contribution is 9.11. The minimum atomic E-state index is -0.523. The molecule has 0 saturated heterocycles. The van der Waals surface area contributed by atoms with Crippen LogP contribution in [0.25, 0.3) is 0 Å². The third-order valence-corrected chi connectivity index (χ3v) is 4.06. The van der Waals surface area contributed by atoms with Crippen molar-refractivity contribution in [3.63, 3.8) is 0 Å². The first-order valence-electron chi connectivity index (χ1n) is 5.40. The van der Waals surface area contributed by atoms with Gasteiger partial charge in [-0.2, -0.15) is 0 Å². The van der Waals surface area contributed by atoms with Crippen LogP contribution < -0.4 is 10.1 Å². The molecule has 0 aliphatic carbocycles. The van der Waals surface area contributed by atoms with E-state index in [-0.39, 0.29) is 17.3 Å². The van der Waals surface area contributed by atoms with Crippen LogP contribution in [-0.2, 0) is 0 Å². The van der Waals surface area contributed by atoms with Crippen molar-refractivity contribution in [2.75, 3.05) is 12.4 Å². The molecule has 0 atom stereocenters. The van der Waals surface area contributed by atoms with Crippen LogP contribution in [0.2, 0.25) is 0 Å². The Bertz CT molecular complexity index is 671. The number of rotatable bonds is 4. The molecule has 1 heterocycles. The van der Waals surface area contributed by atoms with E-state index in [1.54, 1.807) is 12.1 Å². The Balaban J connectivity index is 2.25. The standard InChI is InChI=1S/C12H9BrN2O4S/c1-19-9-6-7(15(17)18)2-3-8(9)14-12(16)10-4-5-11(13)20-10/h2-6H,1H3,(H,14,16). The fourth-order valence-electron chi connectivity index (χ4n) is 1.52. The van der Waals surface area contributed by atoms with Gasteiger partial charge in [0.05, 0.1) is 32.5 Å². The molecule has 104 valence electrons. The fraction of sp³-hybridized carbons (Fsp3) is 0.0833. The molecular weight excluding hydrogens is 348 g/mol. The lowest BCUT2D eigenvalue weighted by Crippen LogP contribution is -2.11. The first-order valence-corrected chi connectivity index (χ1v) is 7.01. The molecule has 20 heavy (non-hydrogen) atoms. The lowest BCUT2D eigenvalue weighted by atomic mass is 10.2. The molecule has 1 aromatic heterocycles. The van der Waals surface area contributed by atoms with Gasteiger partial charge in [0.25, 0.3) is 11.6 Å². The summed E-state index contributed by atoms with van der Waals surface area (Å²) >= 11 is 4.57. The summed E-state index contributed by atoms with van der Waals surface area (Å²) in [5.41, 5.74) is 0.284. The van der Waals surface area contributed by atoms with Gasteiger partial charge < -0.3 is 10.1 Å². The van der Waals surface area contributed by atoms with Gasteiger partial charge in [-0.3, -0.25) is 14.9 Å². The van der Waals surface area contributed by atoms with E-state index < -0.39 is 4.92 Å². The molecule has 0 bridgehead atoms. The van der Waals surface area contributed by atoms with Gasteiger partial charge in [0.15, 0.2) is 0 Å². The van der Waals surface area contributed by atoms with Gasteiger partial charge >= 0.3 is 0 Å². The number of halogens is 1. The second-order valence-electron chi connectivity index (χ2n) is 3.70. The molecule has 2 rings (SSSR count). The molecule has 8 heteroatoms. The fourth-order valence-corrected chi connectivity index (χ4v) is 2.80. The molecule has 1 aromatic carbocycles. The number of amides is 1. The zero-order valence-corrected chi connectivity index (χ0v) is 12.7. The molecule has 0 unspecified atom stereocenters. The van der Waals surface area contributed by atoms with Crippen molar-refractivity contribution in [1.82, 2.24) is 0 Å². The van der Waals surface area contributed by atoms with E-state index in [1.807, 2.05) is 0 Å². The summed E-state index contributed by atoms with van der Waals surface area (Å²) in [5, 5.41) is 13.3.